The van der Waals surface area contributed by atoms with Crippen molar-refractivity contribution in [2.75, 3.05) is 6.54 Å². The van der Waals surface area contributed by atoms with E-state index in [2.05, 4.69) is 89.4 Å². The molecule has 0 radical (unpaired) electrons. The van der Waals surface area contributed by atoms with Crippen LogP contribution >= 0.6 is 0 Å². The van der Waals surface area contributed by atoms with Crippen molar-refractivity contribution in [3.8, 4) is 0 Å². The summed E-state index contributed by atoms with van der Waals surface area (Å²) in [5, 5.41) is 5.83. The van der Waals surface area contributed by atoms with Gasteiger partial charge in [0.15, 0.2) is 0 Å². The normalized spacial score (nSPS) is 12.7. The van der Waals surface area contributed by atoms with E-state index in [1.807, 2.05) is 19.9 Å². The Kier molecular flexibility index (Phi) is 17.7. The predicted octanol–water partition coefficient (Wildman–Crippen LogP) is 7.18. The van der Waals surface area contributed by atoms with E-state index >= 15 is 0 Å². The molecule has 0 unspecified atom stereocenters. The van der Waals surface area contributed by atoms with Crippen LogP contribution in [0.2, 0.25) is 0 Å². The highest BCUT2D eigenvalue weighted by Gasteiger charge is 2.21. The van der Waals surface area contributed by atoms with E-state index in [0.717, 1.165) is 38.5 Å². The van der Waals surface area contributed by atoms with Crippen molar-refractivity contribution in [1.29, 1.82) is 0 Å². The highest BCUT2D eigenvalue weighted by atomic mass is 16.2. The predicted molar refractivity (Wildman–Crippen MR) is 156 cm³/mol. The first-order valence-electron chi connectivity index (χ1n) is 13.3. The third-order valence-corrected chi connectivity index (χ3v) is 5.23. The van der Waals surface area contributed by atoms with Crippen molar-refractivity contribution >= 4 is 11.8 Å². The maximum Gasteiger partial charge on any atom is 0.252 e. The van der Waals surface area contributed by atoms with Crippen LogP contribution in [0.5, 0.6) is 0 Å². The lowest BCUT2D eigenvalue weighted by molar-refractivity contribution is -0.122. The lowest BCUT2D eigenvalue weighted by Gasteiger charge is -2.26. The van der Waals surface area contributed by atoms with Crippen molar-refractivity contribution < 1.29 is 9.59 Å². The topological polar surface area (TPSA) is 71.1 Å². The lowest BCUT2D eigenvalue weighted by atomic mass is 10.0. The molecule has 200 valence electrons. The minimum atomic E-state index is -0.534. The number of hydrogen-bond acceptors (Lipinski definition) is 3. The molecule has 2 N–H and O–H groups in total. The highest BCUT2D eigenvalue weighted by Crippen LogP contribution is 2.04. The van der Waals surface area contributed by atoms with Crippen LogP contribution in [-0.4, -0.2) is 28.9 Å². The van der Waals surface area contributed by atoms with Crippen LogP contribution in [0.3, 0.4) is 0 Å². The van der Waals surface area contributed by atoms with Crippen LogP contribution in [0.15, 0.2) is 97.4 Å². The number of nitrogens with zero attached hydrogens (tertiary/aromatic N) is 1. The summed E-state index contributed by atoms with van der Waals surface area (Å²) in [6, 6.07) is 3.43. The van der Waals surface area contributed by atoms with E-state index in [1.165, 1.54) is 6.20 Å². The third kappa shape index (κ3) is 18.5. The zero-order valence-corrected chi connectivity index (χ0v) is 22.9. The highest BCUT2D eigenvalue weighted by molar-refractivity contribution is 5.93. The Morgan fingerprint density at radius 2 is 1.32 bits per heavy atom. The van der Waals surface area contributed by atoms with Gasteiger partial charge in [-0.2, -0.15) is 0 Å². The SMILES string of the molecule is CC/C=C\C/C=C\C/C=C\C/C=C\C/C=C\C/C=C\CCC(=O)NC(C)(C)CNC(=O)c1cccnc1. The Bertz CT molecular complexity index is 938. The first-order chi connectivity index (χ1) is 17.9. The zero-order valence-electron chi connectivity index (χ0n) is 22.9. The summed E-state index contributed by atoms with van der Waals surface area (Å²) < 4.78 is 0. The number of hydrogen-bond donors (Lipinski definition) is 2. The zero-order chi connectivity index (χ0) is 27.0. The van der Waals surface area contributed by atoms with Crippen molar-refractivity contribution in [2.45, 2.75) is 77.7 Å². The van der Waals surface area contributed by atoms with Crippen molar-refractivity contribution in [3.63, 3.8) is 0 Å². The molecule has 0 fully saturated rings. The van der Waals surface area contributed by atoms with Crippen LogP contribution in [-0.2, 0) is 4.79 Å². The molecule has 5 nitrogen and oxygen atoms in total. The van der Waals surface area contributed by atoms with E-state index in [0.29, 0.717) is 24.9 Å². The number of aromatic nitrogens is 1. The first-order valence-corrected chi connectivity index (χ1v) is 13.3. The summed E-state index contributed by atoms with van der Waals surface area (Å²) in [7, 11) is 0. The molecule has 2 amide bonds. The van der Waals surface area contributed by atoms with Gasteiger partial charge >= 0.3 is 0 Å². The van der Waals surface area contributed by atoms with Gasteiger partial charge in [0.2, 0.25) is 5.91 Å². The first kappa shape index (κ1) is 31.6. The number of amides is 2. The number of pyridine rings is 1. The molecule has 1 heterocycles. The van der Waals surface area contributed by atoms with Gasteiger partial charge in [-0.05, 0) is 70.9 Å². The molecule has 1 aromatic heterocycles. The maximum absolute atomic E-state index is 12.3. The molecule has 1 aromatic rings. The number of nitrogens with one attached hydrogen (secondary N) is 2. The molecule has 0 saturated heterocycles. The fourth-order valence-corrected chi connectivity index (χ4v) is 3.24. The van der Waals surface area contributed by atoms with Crippen LogP contribution in [0, 0.1) is 0 Å². The molecule has 5 heteroatoms. The Morgan fingerprint density at radius 3 is 1.81 bits per heavy atom. The second-order valence-corrected chi connectivity index (χ2v) is 9.31. The number of allylic oxidation sites excluding steroid dienone is 12. The van der Waals surface area contributed by atoms with Gasteiger partial charge in [0, 0.05) is 25.4 Å². The maximum atomic E-state index is 12.3. The van der Waals surface area contributed by atoms with Crippen LogP contribution in [0.4, 0.5) is 0 Å². The molecule has 0 bridgehead atoms. The van der Waals surface area contributed by atoms with Crippen LogP contribution in [0.1, 0.15) is 82.5 Å². The molecule has 37 heavy (non-hydrogen) atoms. The second kappa shape index (κ2) is 20.7. The summed E-state index contributed by atoms with van der Waals surface area (Å²) in [6.45, 7) is 6.28. The minimum absolute atomic E-state index is 0.0276. The van der Waals surface area contributed by atoms with Gasteiger partial charge in [-0.1, -0.05) is 79.8 Å². The van der Waals surface area contributed by atoms with E-state index in [4.69, 9.17) is 0 Å². The molecule has 0 spiro atoms. The van der Waals surface area contributed by atoms with E-state index in [1.54, 1.807) is 18.3 Å². The largest absolute Gasteiger partial charge is 0.350 e. The molecular formula is C32H45N3O2. The molecule has 0 aliphatic rings. The number of carbonyl (C=O) groups is 2. The van der Waals surface area contributed by atoms with E-state index < -0.39 is 5.54 Å². The molecule has 1 rings (SSSR count). The summed E-state index contributed by atoms with van der Waals surface area (Å²) in [5.74, 6) is -0.228. The number of rotatable bonds is 18. The molecule has 0 saturated carbocycles. The van der Waals surface area contributed by atoms with Gasteiger partial charge in [0.25, 0.3) is 5.91 Å². The quantitative estimate of drug-likeness (QED) is 0.208. The van der Waals surface area contributed by atoms with E-state index in [-0.39, 0.29) is 11.8 Å². The second-order valence-electron chi connectivity index (χ2n) is 9.31. The summed E-state index contributed by atoms with van der Waals surface area (Å²) in [6.07, 6.45) is 36.1. The number of carbonyl (C=O) groups excluding carboxylic acids is 2. The average Bonchev–Trinajstić information content (AvgIpc) is 2.89. The van der Waals surface area contributed by atoms with E-state index in [9.17, 15) is 9.59 Å². The Morgan fingerprint density at radius 1 is 0.811 bits per heavy atom. The fraction of sp³-hybridized carbons (Fsp3) is 0.406. The van der Waals surface area contributed by atoms with Crippen molar-refractivity contribution in [2.24, 2.45) is 0 Å². The lowest BCUT2D eigenvalue weighted by Crippen LogP contribution is -2.51. The standard InChI is InChI=1S/C32H45N3O2/c1-4-5-6-7-8-9-10-11-12-13-14-15-16-17-18-19-20-21-22-25-30(36)35-32(2,3)28-34-31(37)29-24-23-26-33-27-29/h5-6,8-9,11-12,14-15,17-18,20-21,23-24,26-27H,4,7,10,13,16,19,22,25,28H2,1-3H3,(H,34,37)(H,35,36)/b6-5-,9-8-,12-11-,15-14-,18-17-,21-20-. The smallest absolute Gasteiger partial charge is 0.252 e. The van der Waals surface area contributed by atoms with Gasteiger partial charge in [-0.3, -0.25) is 14.6 Å². The monoisotopic (exact) mass is 503 g/mol. The average molecular weight is 504 g/mol. The van der Waals surface area contributed by atoms with Gasteiger partial charge in [-0.15, -0.1) is 0 Å². The summed E-state index contributed by atoms with van der Waals surface area (Å²) in [4.78, 5) is 28.4. The van der Waals surface area contributed by atoms with Crippen molar-refractivity contribution in [3.05, 3.63) is 103 Å². The third-order valence-electron chi connectivity index (χ3n) is 5.23. The molecule has 0 atom stereocenters. The van der Waals surface area contributed by atoms with Gasteiger partial charge in [0.1, 0.15) is 0 Å². The summed E-state index contributed by atoms with van der Waals surface area (Å²) >= 11 is 0. The van der Waals surface area contributed by atoms with Crippen LogP contribution in [0.25, 0.3) is 0 Å². The molecular weight excluding hydrogens is 458 g/mol. The fourth-order valence-electron chi connectivity index (χ4n) is 3.24. The molecule has 0 aromatic carbocycles. The Hall–Kier alpha value is -3.47. The summed E-state index contributed by atoms with van der Waals surface area (Å²) in [5.41, 5.74) is -0.0322. The van der Waals surface area contributed by atoms with Gasteiger partial charge < -0.3 is 10.6 Å². The molecule has 0 aliphatic heterocycles. The Balaban J connectivity index is 2.09. The minimum Gasteiger partial charge on any atom is -0.350 e. The molecule has 0 aliphatic carbocycles. The Labute approximate surface area is 224 Å². The van der Waals surface area contributed by atoms with Gasteiger partial charge in [0.05, 0.1) is 11.1 Å². The van der Waals surface area contributed by atoms with Gasteiger partial charge in [-0.25, -0.2) is 0 Å². The van der Waals surface area contributed by atoms with Crippen molar-refractivity contribution in [1.82, 2.24) is 15.6 Å². The van der Waals surface area contributed by atoms with Crippen LogP contribution < -0.4 is 10.6 Å².